The van der Waals surface area contributed by atoms with Crippen molar-refractivity contribution in [2.45, 2.75) is 69.6 Å². The Morgan fingerprint density at radius 3 is 2.49 bits per heavy atom. The molecule has 4 aromatic rings. The van der Waals surface area contributed by atoms with Crippen LogP contribution in [-0.2, 0) is 22.7 Å². The number of urea groups is 1. The van der Waals surface area contributed by atoms with E-state index in [1.54, 1.807) is 11.1 Å². The number of carbonyl (C=O) groups is 4. The molecule has 16 heteroatoms. The average molecular weight is 748 g/mol. The molecule has 0 aliphatic carbocycles. The van der Waals surface area contributed by atoms with Gasteiger partial charge in [-0.3, -0.25) is 24.6 Å². The fourth-order valence-corrected chi connectivity index (χ4v) is 8.99. The molecular weight excluding hydrogens is 703 g/mol. The number of nitrogens with zero attached hydrogens (tertiary/aromatic N) is 8. The molecule has 2 atom stereocenters. The SMILES string of the molecule is CN1CCN([C@@H]2CCCN(c3cnc(C(N)=O)c(Nc4ccc(N5CCC(N6Cc7ccc8c(C9CCC(=O)NC9=O)noc8c7C6)CC5)cc4)n3)C2)C1=O. The summed E-state index contributed by atoms with van der Waals surface area (Å²) < 4.78 is 5.86. The fraction of sp³-hybridized carbons (Fsp3) is 0.462. The number of amides is 5. The van der Waals surface area contributed by atoms with Gasteiger partial charge in [0.1, 0.15) is 11.5 Å². The number of nitrogens with two attached hydrogens (primary N) is 1. The third-order valence-corrected chi connectivity index (χ3v) is 12.1. The Labute approximate surface area is 318 Å². The Morgan fingerprint density at radius 2 is 1.75 bits per heavy atom. The van der Waals surface area contributed by atoms with Crippen molar-refractivity contribution in [2.24, 2.45) is 5.73 Å². The fourth-order valence-electron chi connectivity index (χ4n) is 8.99. The van der Waals surface area contributed by atoms with Crippen molar-refractivity contribution in [2.75, 3.05) is 61.4 Å². The summed E-state index contributed by atoms with van der Waals surface area (Å²) in [5, 5.41) is 10.9. The first kappa shape index (κ1) is 35.0. The highest BCUT2D eigenvalue weighted by Crippen LogP contribution is 2.38. The van der Waals surface area contributed by atoms with Crippen LogP contribution in [-0.4, -0.2) is 112 Å². The van der Waals surface area contributed by atoms with Crippen LogP contribution in [0.5, 0.6) is 0 Å². The molecule has 16 nitrogen and oxygen atoms in total. The molecule has 4 saturated heterocycles. The molecule has 2 aromatic heterocycles. The van der Waals surface area contributed by atoms with Crippen LogP contribution in [0.25, 0.3) is 11.0 Å². The zero-order valence-corrected chi connectivity index (χ0v) is 30.9. The quantitative estimate of drug-likeness (QED) is 0.224. The summed E-state index contributed by atoms with van der Waals surface area (Å²) in [4.78, 5) is 69.2. The van der Waals surface area contributed by atoms with Gasteiger partial charge in [-0.1, -0.05) is 11.2 Å². The number of nitrogens with one attached hydrogen (secondary N) is 2. The lowest BCUT2D eigenvalue weighted by atomic mass is 9.92. The first-order chi connectivity index (χ1) is 26.7. The molecule has 2 aromatic carbocycles. The van der Waals surface area contributed by atoms with Crippen LogP contribution in [0.15, 0.2) is 47.1 Å². The van der Waals surface area contributed by atoms with E-state index < -0.39 is 11.8 Å². The van der Waals surface area contributed by atoms with E-state index in [0.29, 0.717) is 42.8 Å². The minimum atomic E-state index is -0.661. The van der Waals surface area contributed by atoms with Crippen molar-refractivity contribution in [1.29, 1.82) is 0 Å². The van der Waals surface area contributed by atoms with E-state index in [1.165, 1.54) is 5.56 Å². The van der Waals surface area contributed by atoms with Crippen LogP contribution in [0.4, 0.5) is 27.8 Å². The van der Waals surface area contributed by atoms with Crippen molar-refractivity contribution in [3.63, 3.8) is 0 Å². The number of primary amides is 1. The number of rotatable bonds is 8. The van der Waals surface area contributed by atoms with Crippen molar-refractivity contribution < 1.29 is 23.7 Å². The number of likely N-dealkylation sites (N-methyl/N-ethyl adjacent to an activating group) is 1. The summed E-state index contributed by atoms with van der Waals surface area (Å²) in [5.41, 5.74) is 11.4. The number of benzene rings is 2. The number of imide groups is 1. The highest BCUT2D eigenvalue weighted by atomic mass is 16.5. The number of piperidine rings is 3. The summed E-state index contributed by atoms with van der Waals surface area (Å²) in [6.07, 6.45) is 6.22. The summed E-state index contributed by atoms with van der Waals surface area (Å²) in [7, 11) is 1.83. The lowest BCUT2D eigenvalue weighted by Crippen LogP contribution is -2.49. The van der Waals surface area contributed by atoms with Gasteiger partial charge in [0, 0.05) is 94.2 Å². The minimum Gasteiger partial charge on any atom is -0.371 e. The molecule has 4 fully saturated rings. The number of anilines is 4. The van der Waals surface area contributed by atoms with Crippen LogP contribution in [0.1, 0.15) is 71.8 Å². The Bertz CT molecular complexity index is 2160. The first-order valence-electron chi connectivity index (χ1n) is 19.2. The molecular formula is C39H45N11O5. The molecule has 0 saturated carbocycles. The molecule has 0 radical (unpaired) electrons. The molecule has 7 heterocycles. The predicted molar refractivity (Wildman–Crippen MR) is 204 cm³/mol. The molecule has 286 valence electrons. The number of fused-ring (bicyclic) bond motifs is 3. The minimum absolute atomic E-state index is 0.0634. The number of hydrogen-bond donors (Lipinski definition) is 3. The van der Waals surface area contributed by atoms with E-state index in [0.717, 1.165) is 99.4 Å². The van der Waals surface area contributed by atoms with Crippen molar-refractivity contribution in [3.8, 4) is 0 Å². The second kappa shape index (κ2) is 14.1. The van der Waals surface area contributed by atoms with Crippen LogP contribution >= 0.6 is 0 Å². The van der Waals surface area contributed by atoms with Crippen LogP contribution in [0, 0.1) is 0 Å². The largest absolute Gasteiger partial charge is 0.371 e. The third kappa shape index (κ3) is 6.57. The predicted octanol–water partition coefficient (Wildman–Crippen LogP) is 3.30. The molecule has 1 unspecified atom stereocenters. The summed E-state index contributed by atoms with van der Waals surface area (Å²) >= 11 is 0. The normalized spacial score (nSPS) is 22.5. The molecule has 5 aliphatic heterocycles. The molecule has 5 amide bonds. The second-order valence-corrected chi connectivity index (χ2v) is 15.4. The smallest absolute Gasteiger partial charge is 0.320 e. The number of hydrogen-bond acceptors (Lipinski definition) is 12. The van der Waals surface area contributed by atoms with E-state index in [1.807, 2.05) is 30.1 Å². The highest BCUT2D eigenvalue weighted by molar-refractivity contribution is 6.02. The number of aromatic nitrogens is 3. The maximum atomic E-state index is 12.7. The Balaban J connectivity index is 0.825. The van der Waals surface area contributed by atoms with Gasteiger partial charge in [-0.05, 0) is 68.0 Å². The summed E-state index contributed by atoms with van der Waals surface area (Å²) in [6, 6.07) is 12.8. The Hall–Kier alpha value is -5.77. The lowest BCUT2D eigenvalue weighted by molar-refractivity contribution is -0.134. The molecule has 9 rings (SSSR count). The van der Waals surface area contributed by atoms with Gasteiger partial charge in [-0.15, -0.1) is 0 Å². The van der Waals surface area contributed by atoms with E-state index >= 15 is 0 Å². The van der Waals surface area contributed by atoms with Crippen molar-refractivity contribution >= 4 is 57.7 Å². The number of carbonyl (C=O) groups excluding carboxylic acids is 4. The standard InChI is InChI=1S/C39H45N11O5/c1-46-17-18-50(39(46)54)27-3-2-14-48(21-27)31-19-41-34(36(40)52)37(43-31)42-24-5-7-25(8-6-24)47-15-12-26(13-16-47)49-20-23-4-9-28-33(45-55-35(28)30(23)22-49)29-10-11-32(51)44-38(29)53/h4-9,19,26-27,29H,2-3,10-18,20-22H2,1H3,(H2,40,52)(H,42,43)(H,44,51,53)/t27-,29?/m1/s1. The third-order valence-electron chi connectivity index (χ3n) is 12.1. The monoisotopic (exact) mass is 747 g/mol. The van der Waals surface area contributed by atoms with Gasteiger partial charge < -0.3 is 35.2 Å². The van der Waals surface area contributed by atoms with Gasteiger partial charge in [-0.2, -0.15) is 0 Å². The van der Waals surface area contributed by atoms with Gasteiger partial charge >= 0.3 is 6.03 Å². The maximum absolute atomic E-state index is 12.7. The summed E-state index contributed by atoms with van der Waals surface area (Å²) in [5.74, 6) is -0.749. The van der Waals surface area contributed by atoms with Gasteiger partial charge in [0.25, 0.3) is 5.91 Å². The van der Waals surface area contributed by atoms with Gasteiger partial charge in [0.2, 0.25) is 11.8 Å². The van der Waals surface area contributed by atoms with Crippen molar-refractivity contribution in [1.82, 2.24) is 35.1 Å². The second-order valence-electron chi connectivity index (χ2n) is 15.4. The zero-order chi connectivity index (χ0) is 37.8. The first-order valence-corrected chi connectivity index (χ1v) is 19.2. The topological polar surface area (TPSA) is 186 Å². The van der Waals surface area contributed by atoms with Crippen LogP contribution in [0.3, 0.4) is 0 Å². The van der Waals surface area contributed by atoms with Crippen molar-refractivity contribution in [3.05, 3.63) is 65.1 Å². The zero-order valence-electron chi connectivity index (χ0n) is 30.9. The molecule has 0 bridgehead atoms. The van der Waals surface area contributed by atoms with Crippen LogP contribution in [0.2, 0.25) is 0 Å². The van der Waals surface area contributed by atoms with E-state index in [9.17, 15) is 19.2 Å². The Kier molecular flexibility index (Phi) is 8.99. The molecule has 0 spiro atoms. The molecule has 4 N–H and O–H groups in total. The van der Waals surface area contributed by atoms with Gasteiger partial charge in [-0.25, -0.2) is 14.8 Å². The highest BCUT2D eigenvalue weighted by Gasteiger charge is 2.37. The molecule has 5 aliphatic rings. The van der Waals surface area contributed by atoms with Gasteiger partial charge in [0.15, 0.2) is 17.1 Å². The van der Waals surface area contributed by atoms with E-state index in [2.05, 4.69) is 53.7 Å². The molecule has 55 heavy (non-hydrogen) atoms. The summed E-state index contributed by atoms with van der Waals surface area (Å²) in [6.45, 7) is 6.33. The van der Waals surface area contributed by atoms with Gasteiger partial charge in [0.05, 0.1) is 18.2 Å². The van der Waals surface area contributed by atoms with E-state index in [4.69, 9.17) is 15.2 Å². The van der Waals surface area contributed by atoms with E-state index in [-0.39, 0.29) is 29.6 Å². The van der Waals surface area contributed by atoms with Crippen LogP contribution < -0.4 is 26.2 Å². The lowest BCUT2D eigenvalue weighted by Gasteiger charge is -2.38. The maximum Gasteiger partial charge on any atom is 0.320 e. The average Bonchev–Trinajstić information content (AvgIpc) is 3.92. The Morgan fingerprint density at radius 1 is 0.927 bits per heavy atom.